The van der Waals surface area contributed by atoms with Crippen LogP contribution < -0.4 is 0 Å². The van der Waals surface area contributed by atoms with Crippen LogP contribution in [0.25, 0.3) is 0 Å². The largest absolute Gasteiger partial charge is 0.466 e. The summed E-state index contributed by atoms with van der Waals surface area (Å²) < 4.78 is 5.24. The van der Waals surface area contributed by atoms with Crippen LogP contribution in [-0.2, 0) is 9.53 Å². The van der Waals surface area contributed by atoms with Crippen molar-refractivity contribution in [3.8, 4) is 0 Å². The lowest BCUT2D eigenvalue weighted by molar-refractivity contribution is -0.143. The van der Waals surface area contributed by atoms with Crippen LogP contribution in [0.15, 0.2) is 0 Å². The molecule has 0 N–H and O–H groups in total. The van der Waals surface area contributed by atoms with Crippen LogP contribution >= 0.6 is 23.5 Å². The highest BCUT2D eigenvalue weighted by atomic mass is 32.2. The summed E-state index contributed by atoms with van der Waals surface area (Å²) in [5.41, 5.74) is 0. The molecule has 1 saturated heterocycles. The number of carbonyl (C=O) groups is 1. The van der Waals surface area contributed by atoms with E-state index in [2.05, 4.69) is 6.92 Å². The quantitative estimate of drug-likeness (QED) is 0.683. The predicted molar refractivity (Wildman–Crippen MR) is 63.8 cm³/mol. The van der Waals surface area contributed by atoms with Crippen molar-refractivity contribution in [3.63, 3.8) is 0 Å². The zero-order chi connectivity index (χ0) is 10.4. The van der Waals surface area contributed by atoms with Crippen molar-refractivity contribution in [2.75, 3.05) is 18.1 Å². The van der Waals surface area contributed by atoms with Gasteiger partial charge in [-0.05, 0) is 26.7 Å². The fourth-order valence-electron chi connectivity index (χ4n) is 1.49. The molecule has 4 heteroatoms. The molecule has 1 aliphatic rings. The molecular weight excluding hydrogens is 216 g/mol. The Hall–Kier alpha value is 0.170. The first-order valence-corrected chi connectivity index (χ1v) is 7.07. The standard InChI is InChI=1S/C10H18O2S2/c1-3-12-9(11)5-4-6-10(2)13-7-8-14-10/h3-8H2,1-2H3. The molecule has 0 unspecified atom stereocenters. The third-order valence-electron chi connectivity index (χ3n) is 2.22. The average Bonchev–Trinajstić information content (AvgIpc) is 2.53. The van der Waals surface area contributed by atoms with Crippen LogP contribution in [0.3, 0.4) is 0 Å². The van der Waals surface area contributed by atoms with Gasteiger partial charge in [0.1, 0.15) is 0 Å². The minimum absolute atomic E-state index is 0.0518. The Morgan fingerprint density at radius 1 is 1.43 bits per heavy atom. The van der Waals surface area contributed by atoms with Gasteiger partial charge in [0.15, 0.2) is 0 Å². The molecular formula is C10H18O2S2. The van der Waals surface area contributed by atoms with Crippen molar-refractivity contribution < 1.29 is 9.53 Å². The Morgan fingerprint density at radius 2 is 2.07 bits per heavy atom. The van der Waals surface area contributed by atoms with E-state index in [1.165, 1.54) is 11.5 Å². The molecule has 0 radical (unpaired) electrons. The molecule has 1 aliphatic heterocycles. The van der Waals surface area contributed by atoms with Crippen LogP contribution in [0.2, 0.25) is 0 Å². The Morgan fingerprint density at radius 3 is 2.64 bits per heavy atom. The molecule has 0 aromatic carbocycles. The molecule has 0 amide bonds. The summed E-state index contributed by atoms with van der Waals surface area (Å²) >= 11 is 4.04. The summed E-state index contributed by atoms with van der Waals surface area (Å²) in [6.07, 6.45) is 2.64. The SMILES string of the molecule is CCOC(=O)CCCC1(C)SCCS1. The van der Waals surface area contributed by atoms with E-state index in [0.717, 1.165) is 12.8 Å². The van der Waals surface area contributed by atoms with Crippen molar-refractivity contribution in [1.82, 2.24) is 0 Å². The average molecular weight is 234 g/mol. The molecule has 0 aromatic heterocycles. The van der Waals surface area contributed by atoms with Gasteiger partial charge in [-0.2, -0.15) is 0 Å². The number of thioether (sulfide) groups is 2. The molecule has 0 saturated carbocycles. The fourth-order valence-corrected chi connectivity index (χ4v) is 4.43. The van der Waals surface area contributed by atoms with Gasteiger partial charge in [0.05, 0.1) is 10.7 Å². The number of ether oxygens (including phenoxy) is 1. The van der Waals surface area contributed by atoms with E-state index in [1.54, 1.807) is 0 Å². The summed E-state index contributed by atoms with van der Waals surface area (Å²) in [7, 11) is 0. The topological polar surface area (TPSA) is 26.3 Å². The molecule has 1 fully saturated rings. The number of hydrogen-bond acceptors (Lipinski definition) is 4. The van der Waals surface area contributed by atoms with Gasteiger partial charge in [-0.15, -0.1) is 23.5 Å². The van der Waals surface area contributed by atoms with E-state index in [9.17, 15) is 4.79 Å². The zero-order valence-electron chi connectivity index (χ0n) is 8.88. The Bertz CT molecular complexity index is 189. The normalized spacial score (nSPS) is 19.6. The van der Waals surface area contributed by atoms with Crippen molar-refractivity contribution in [3.05, 3.63) is 0 Å². The van der Waals surface area contributed by atoms with Gasteiger partial charge in [-0.25, -0.2) is 0 Å². The van der Waals surface area contributed by atoms with E-state index >= 15 is 0 Å². The lowest BCUT2D eigenvalue weighted by Gasteiger charge is -2.20. The minimum atomic E-state index is -0.0518. The van der Waals surface area contributed by atoms with Gasteiger partial charge in [0.2, 0.25) is 0 Å². The van der Waals surface area contributed by atoms with Gasteiger partial charge in [0.25, 0.3) is 0 Å². The lowest BCUT2D eigenvalue weighted by atomic mass is 10.2. The van der Waals surface area contributed by atoms with Crippen LogP contribution in [0.5, 0.6) is 0 Å². The lowest BCUT2D eigenvalue weighted by Crippen LogP contribution is -2.12. The number of esters is 1. The van der Waals surface area contributed by atoms with E-state index in [4.69, 9.17) is 4.74 Å². The molecule has 1 heterocycles. The Kier molecular flexibility index (Phi) is 5.17. The molecule has 1 rings (SSSR count). The van der Waals surface area contributed by atoms with Gasteiger partial charge in [0, 0.05) is 17.9 Å². The van der Waals surface area contributed by atoms with Crippen LogP contribution in [0.4, 0.5) is 0 Å². The fraction of sp³-hybridized carbons (Fsp3) is 0.900. The van der Waals surface area contributed by atoms with E-state index in [-0.39, 0.29) is 5.97 Å². The van der Waals surface area contributed by atoms with Crippen LogP contribution in [0.1, 0.15) is 33.1 Å². The second-order valence-electron chi connectivity index (χ2n) is 3.49. The minimum Gasteiger partial charge on any atom is -0.466 e. The number of carbonyl (C=O) groups excluding carboxylic acids is 1. The van der Waals surface area contributed by atoms with Gasteiger partial charge >= 0.3 is 5.97 Å². The molecule has 14 heavy (non-hydrogen) atoms. The monoisotopic (exact) mass is 234 g/mol. The zero-order valence-corrected chi connectivity index (χ0v) is 10.5. The van der Waals surface area contributed by atoms with Crippen molar-refractivity contribution in [2.24, 2.45) is 0 Å². The maximum atomic E-state index is 11.1. The maximum Gasteiger partial charge on any atom is 0.305 e. The number of hydrogen-bond donors (Lipinski definition) is 0. The molecule has 0 atom stereocenters. The molecule has 0 aliphatic carbocycles. The van der Waals surface area contributed by atoms with Gasteiger partial charge in [-0.1, -0.05) is 0 Å². The molecule has 0 spiro atoms. The highest BCUT2D eigenvalue weighted by Crippen LogP contribution is 2.46. The Balaban J connectivity index is 2.11. The van der Waals surface area contributed by atoms with Crippen molar-refractivity contribution in [1.29, 1.82) is 0 Å². The highest BCUT2D eigenvalue weighted by Gasteiger charge is 2.29. The second kappa shape index (κ2) is 5.91. The highest BCUT2D eigenvalue weighted by molar-refractivity contribution is 8.21. The maximum absolute atomic E-state index is 11.1. The second-order valence-corrected chi connectivity index (χ2v) is 6.94. The van der Waals surface area contributed by atoms with Crippen LogP contribution in [0, 0.1) is 0 Å². The summed E-state index contributed by atoms with van der Waals surface area (Å²) in [6, 6.07) is 0. The van der Waals surface area contributed by atoms with Gasteiger partial charge < -0.3 is 4.74 Å². The predicted octanol–water partition coefficient (Wildman–Crippen LogP) is 2.92. The molecule has 0 aromatic rings. The first-order valence-electron chi connectivity index (χ1n) is 5.10. The summed E-state index contributed by atoms with van der Waals surface area (Å²) in [5.74, 6) is 2.45. The van der Waals surface area contributed by atoms with Crippen molar-refractivity contribution >= 4 is 29.5 Å². The van der Waals surface area contributed by atoms with E-state index < -0.39 is 0 Å². The van der Waals surface area contributed by atoms with E-state index in [0.29, 0.717) is 17.1 Å². The van der Waals surface area contributed by atoms with Crippen LogP contribution in [-0.4, -0.2) is 28.2 Å². The van der Waals surface area contributed by atoms with Gasteiger partial charge in [-0.3, -0.25) is 4.79 Å². The summed E-state index contributed by atoms with van der Waals surface area (Å²) in [4.78, 5) is 11.1. The summed E-state index contributed by atoms with van der Waals surface area (Å²) in [6.45, 7) is 4.63. The third kappa shape index (κ3) is 4.13. The smallest absolute Gasteiger partial charge is 0.305 e. The first kappa shape index (κ1) is 12.2. The van der Waals surface area contributed by atoms with Crippen molar-refractivity contribution in [2.45, 2.75) is 37.2 Å². The summed E-state index contributed by atoms with van der Waals surface area (Å²) in [5, 5.41) is 0. The Labute approximate surface area is 94.5 Å². The third-order valence-corrected chi connectivity index (χ3v) is 5.63. The molecule has 82 valence electrons. The first-order chi connectivity index (χ1) is 6.66. The molecule has 0 bridgehead atoms. The molecule has 2 nitrogen and oxygen atoms in total. The number of rotatable bonds is 5. The van der Waals surface area contributed by atoms with E-state index in [1.807, 2.05) is 30.4 Å².